The standard InChI is InChI=1S/C14H21NO7S/c1-8(16)15-9(14(20)21)7-23-11-6-13(19)22-10(11)4-2-3-5-12(17)18/h9-11H,2-7H2,1H3,(H,15,16)(H,17,18)(H,20,21)/t9-,10-,11+/m0/s1. The van der Waals surface area contributed by atoms with Gasteiger partial charge in [-0.1, -0.05) is 0 Å². The summed E-state index contributed by atoms with van der Waals surface area (Å²) in [5.41, 5.74) is 0. The summed E-state index contributed by atoms with van der Waals surface area (Å²) < 4.78 is 5.21. The first-order chi connectivity index (χ1) is 10.8. The summed E-state index contributed by atoms with van der Waals surface area (Å²) in [4.78, 5) is 44.0. The van der Waals surface area contributed by atoms with Crippen molar-refractivity contribution in [1.29, 1.82) is 0 Å². The van der Waals surface area contributed by atoms with Crippen LogP contribution in [0, 0.1) is 0 Å². The maximum Gasteiger partial charge on any atom is 0.327 e. The SMILES string of the molecule is CC(=O)N[C@@H](CS[C@@H]1CC(=O)O[C@H]1CCCCC(=O)O)C(=O)O. The normalized spacial score (nSPS) is 21.5. The van der Waals surface area contributed by atoms with Gasteiger partial charge in [0.05, 0.1) is 11.7 Å². The molecule has 1 heterocycles. The van der Waals surface area contributed by atoms with E-state index >= 15 is 0 Å². The van der Waals surface area contributed by atoms with E-state index in [0.29, 0.717) is 19.3 Å². The summed E-state index contributed by atoms with van der Waals surface area (Å²) in [6.07, 6.45) is 1.60. The van der Waals surface area contributed by atoms with Crippen molar-refractivity contribution in [1.82, 2.24) is 5.32 Å². The number of thioether (sulfide) groups is 1. The molecule has 0 radical (unpaired) electrons. The maximum atomic E-state index is 11.4. The zero-order valence-corrected chi connectivity index (χ0v) is 13.6. The molecule has 3 N–H and O–H groups in total. The van der Waals surface area contributed by atoms with Crippen LogP contribution in [0.3, 0.4) is 0 Å². The summed E-state index contributed by atoms with van der Waals surface area (Å²) in [5, 5.41) is 19.8. The van der Waals surface area contributed by atoms with Gasteiger partial charge in [0, 0.05) is 19.1 Å². The van der Waals surface area contributed by atoms with E-state index in [2.05, 4.69) is 5.32 Å². The number of carboxylic acids is 2. The molecule has 9 heteroatoms. The maximum absolute atomic E-state index is 11.4. The van der Waals surface area contributed by atoms with Crippen LogP contribution >= 0.6 is 11.8 Å². The molecule has 130 valence electrons. The summed E-state index contributed by atoms with van der Waals surface area (Å²) >= 11 is 1.28. The quantitative estimate of drug-likeness (QED) is 0.388. The lowest BCUT2D eigenvalue weighted by molar-refractivity contribution is -0.142. The lowest BCUT2D eigenvalue weighted by atomic mass is 10.1. The highest BCUT2D eigenvalue weighted by atomic mass is 32.2. The van der Waals surface area contributed by atoms with Gasteiger partial charge in [0.15, 0.2) is 0 Å². The van der Waals surface area contributed by atoms with Crippen molar-refractivity contribution < 1.29 is 34.1 Å². The van der Waals surface area contributed by atoms with Crippen LogP contribution < -0.4 is 5.32 Å². The molecule has 0 spiro atoms. The summed E-state index contributed by atoms with van der Waals surface area (Å²) in [6.45, 7) is 1.24. The second-order valence-corrected chi connectivity index (χ2v) is 6.61. The highest BCUT2D eigenvalue weighted by Gasteiger charge is 2.35. The average Bonchev–Trinajstić information content (AvgIpc) is 2.79. The Labute approximate surface area is 137 Å². The molecule has 3 atom stereocenters. The van der Waals surface area contributed by atoms with Crippen LogP contribution in [0.25, 0.3) is 0 Å². The Hall–Kier alpha value is -1.77. The van der Waals surface area contributed by atoms with E-state index in [9.17, 15) is 19.2 Å². The van der Waals surface area contributed by atoms with Gasteiger partial charge in [-0.2, -0.15) is 11.8 Å². The number of carbonyl (C=O) groups is 4. The van der Waals surface area contributed by atoms with Crippen molar-refractivity contribution in [3.8, 4) is 0 Å². The van der Waals surface area contributed by atoms with Gasteiger partial charge in [0.25, 0.3) is 0 Å². The minimum absolute atomic E-state index is 0.0715. The van der Waals surface area contributed by atoms with E-state index in [-0.39, 0.29) is 35.9 Å². The highest BCUT2D eigenvalue weighted by Crippen LogP contribution is 2.31. The van der Waals surface area contributed by atoms with Crippen molar-refractivity contribution in [2.24, 2.45) is 0 Å². The summed E-state index contributed by atoms with van der Waals surface area (Å²) in [5.74, 6) is -2.61. The average molecular weight is 347 g/mol. The van der Waals surface area contributed by atoms with E-state index in [4.69, 9.17) is 14.9 Å². The van der Waals surface area contributed by atoms with E-state index < -0.39 is 23.9 Å². The van der Waals surface area contributed by atoms with Crippen LogP contribution in [0.1, 0.15) is 39.0 Å². The third kappa shape index (κ3) is 7.36. The van der Waals surface area contributed by atoms with Crippen LogP contribution in [-0.2, 0) is 23.9 Å². The third-order valence-electron chi connectivity index (χ3n) is 3.35. The Kier molecular flexibility index (Phi) is 7.87. The molecule has 0 aromatic rings. The number of carbonyl (C=O) groups excluding carboxylic acids is 2. The second kappa shape index (κ2) is 9.39. The number of unbranched alkanes of at least 4 members (excludes halogenated alkanes) is 1. The van der Waals surface area contributed by atoms with Crippen LogP contribution in [0.2, 0.25) is 0 Å². The smallest absolute Gasteiger partial charge is 0.327 e. The number of ether oxygens (including phenoxy) is 1. The minimum Gasteiger partial charge on any atom is -0.481 e. The van der Waals surface area contributed by atoms with Crippen molar-refractivity contribution in [3.05, 3.63) is 0 Å². The second-order valence-electron chi connectivity index (χ2n) is 5.34. The molecule has 8 nitrogen and oxygen atoms in total. The molecule has 1 aliphatic heterocycles. The topological polar surface area (TPSA) is 130 Å². The van der Waals surface area contributed by atoms with E-state index in [0.717, 1.165) is 0 Å². The Morgan fingerprint density at radius 3 is 2.61 bits per heavy atom. The summed E-state index contributed by atoms with van der Waals surface area (Å²) in [7, 11) is 0. The van der Waals surface area contributed by atoms with Gasteiger partial charge in [-0.3, -0.25) is 14.4 Å². The van der Waals surface area contributed by atoms with Gasteiger partial charge < -0.3 is 20.3 Å². The molecule has 1 fully saturated rings. The minimum atomic E-state index is -1.13. The van der Waals surface area contributed by atoms with E-state index in [1.54, 1.807) is 0 Å². The fourth-order valence-corrected chi connectivity index (χ4v) is 3.59. The molecular formula is C14H21NO7S. The van der Waals surface area contributed by atoms with Crippen molar-refractivity contribution in [3.63, 3.8) is 0 Å². The number of nitrogens with one attached hydrogen (secondary N) is 1. The Bertz CT molecular complexity index is 468. The third-order valence-corrected chi connectivity index (χ3v) is 4.77. The lowest BCUT2D eigenvalue weighted by Crippen LogP contribution is -2.42. The fraction of sp³-hybridized carbons (Fsp3) is 0.714. The lowest BCUT2D eigenvalue weighted by Gasteiger charge is -2.19. The van der Waals surface area contributed by atoms with Crippen molar-refractivity contribution in [2.45, 2.75) is 56.4 Å². The molecule has 23 heavy (non-hydrogen) atoms. The van der Waals surface area contributed by atoms with Crippen LogP contribution in [0.4, 0.5) is 0 Å². The van der Waals surface area contributed by atoms with Gasteiger partial charge in [0.2, 0.25) is 5.91 Å². The molecule has 0 aromatic carbocycles. The number of esters is 1. The van der Waals surface area contributed by atoms with Crippen LogP contribution in [0.5, 0.6) is 0 Å². The first-order valence-electron chi connectivity index (χ1n) is 7.32. The molecule has 0 unspecified atom stereocenters. The molecule has 0 bridgehead atoms. The molecular weight excluding hydrogens is 326 g/mol. The Morgan fingerprint density at radius 2 is 2.04 bits per heavy atom. The number of hydrogen-bond donors (Lipinski definition) is 3. The molecule has 0 aliphatic carbocycles. The van der Waals surface area contributed by atoms with Crippen molar-refractivity contribution >= 4 is 35.6 Å². The number of amides is 1. The molecule has 1 saturated heterocycles. The summed E-state index contributed by atoms with van der Waals surface area (Å²) in [6, 6.07) is -1.01. The first-order valence-corrected chi connectivity index (χ1v) is 8.37. The molecule has 1 rings (SSSR count). The monoisotopic (exact) mass is 347 g/mol. The van der Waals surface area contributed by atoms with Crippen LogP contribution in [0.15, 0.2) is 0 Å². The van der Waals surface area contributed by atoms with Gasteiger partial charge in [-0.05, 0) is 19.3 Å². The predicted molar refractivity (Wildman–Crippen MR) is 82.1 cm³/mol. The van der Waals surface area contributed by atoms with Crippen LogP contribution in [-0.4, -0.2) is 57.2 Å². The zero-order valence-electron chi connectivity index (χ0n) is 12.8. The molecule has 1 amide bonds. The molecule has 0 aromatic heterocycles. The van der Waals surface area contributed by atoms with E-state index in [1.807, 2.05) is 0 Å². The van der Waals surface area contributed by atoms with Crippen molar-refractivity contribution in [2.75, 3.05) is 5.75 Å². The van der Waals surface area contributed by atoms with Gasteiger partial charge in [-0.15, -0.1) is 0 Å². The van der Waals surface area contributed by atoms with Gasteiger partial charge in [0.1, 0.15) is 12.1 Å². The number of aliphatic carboxylic acids is 2. The molecule has 1 aliphatic rings. The Balaban J connectivity index is 2.45. The fourth-order valence-electron chi connectivity index (χ4n) is 2.26. The van der Waals surface area contributed by atoms with Gasteiger partial charge in [-0.25, -0.2) is 4.79 Å². The zero-order chi connectivity index (χ0) is 17.4. The number of rotatable bonds is 10. The number of hydrogen-bond acceptors (Lipinski definition) is 6. The highest BCUT2D eigenvalue weighted by molar-refractivity contribution is 8.00. The predicted octanol–water partition coefficient (Wildman–Crippen LogP) is 0.638. The Morgan fingerprint density at radius 1 is 1.35 bits per heavy atom. The molecule has 0 saturated carbocycles. The first kappa shape index (κ1) is 19.3. The number of cyclic esters (lactones) is 1. The largest absolute Gasteiger partial charge is 0.481 e. The number of carboxylic acid groups (broad SMARTS) is 2. The van der Waals surface area contributed by atoms with E-state index in [1.165, 1.54) is 18.7 Å². The van der Waals surface area contributed by atoms with Gasteiger partial charge >= 0.3 is 17.9 Å².